The van der Waals surface area contributed by atoms with Gasteiger partial charge in [0, 0.05) is 45.7 Å². The van der Waals surface area contributed by atoms with Crippen LogP contribution in [0.5, 0.6) is 0 Å². The summed E-state index contributed by atoms with van der Waals surface area (Å²) in [6, 6.07) is 4.85. The van der Waals surface area contributed by atoms with Crippen molar-refractivity contribution in [3.05, 3.63) is 29.3 Å². The summed E-state index contributed by atoms with van der Waals surface area (Å²) in [5, 5.41) is 5.47. The van der Waals surface area contributed by atoms with Crippen molar-refractivity contribution in [3.8, 4) is 0 Å². The fourth-order valence-electron chi connectivity index (χ4n) is 2.90. The Kier molecular flexibility index (Phi) is 7.82. The third-order valence-corrected chi connectivity index (χ3v) is 6.74. The molecule has 0 bridgehead atoms. The monoisotopic (exact) mass is 410 g/mol. The largest absolute Gasteiger partial charge is 0.356 e. The predicted octanol–water partition coefficient (Wildman–Crippen LogP) is 1.24. The summed E-state index contributed by atoms with van der Waals surface area (Å²) in [5.74, 6) is -0.0912. The van der Waals surface area contributed by atoms with Gasteiger partial charge < -0.3 is 15.5 Å². The van der Waals surface area contributed by atoms with E-state index >= 15 is 0 Å². The van der Waals surface area contributed by atoms with Crippen molar-refractivity contribution in [1.29, 1.82) is 0 Å². The molecule has 1 fully saturated rings. The van der Waals surface area contributed by atoms with E-state index in [-0.39, 0.29) is 42.9 Å². The molecule has 0 radical (unpaired) electrons. The number of urea groups is 1. The highest BCUT2D eigenvalue weighted by molar-refractivity contribution is 7.89. The Balaban J connectivity index is 1.83. The molecule has 0 atom stereocenters. The van der Waals surface area contributed by atoms with Crippen molar-refractivity contribution in [3.63, 3.8) is 0 Å². The molecular weight excluding hydrogens is 380 g/mol. The predicted molar refractivity (Wildman–Crippen MR) is 108 cm³/mol. The van der Waals surface area contributed by atoms with Gasteiger partial charge in [0.2, 0.25) is 15.9 Å². The van der Waals surface area contributed by atoms with Crippen LogP contribution in [-0.2, 0) is 14.8 Å². The van der Waals surface area contributed by atoms with E-state index in [2.05, 4.69) is 10.6 Å². The van der Waals surface area contributed by atoms with Crippen molar-refractivity contribution in [1.82, 2.24) is 19.8 Å². The van der Waals surface area contributed by atoms with E-state index < -0.39 is 10.0 Å². The second-order valence-electron chi connectivity index (χ2n) is 6.97. The zero-order valence-corrected chi connectivity index (χ0v) is 17.6. The molecule has 9 heteroatoms. The maximum atomic E-state index is 12.8. The summed E-state index contributed by atoms with van der Waals surface area (Å²) in [5.41, 5.74) is 1.98. The lowest BCUT2D eigenvalue weighted by Crippen LogP contribution is -2.53. The van der Waals surface area contributed by atoms with Crippen molar-refractivity contribution >= 4 is 22.0 Å². The van der Waals surface area contributed by atoms with Gasteiger partial charge in [0.25, 0.3) is 0 Å². The zero-order chi connectivity index (χ0) is 20.7. The van der Waals surface area contributed by atoms with Crippen LogP contribution in [0.4, 0.5) is 4.79 Å². The molecule has 3 amide bonds. The lowest BCUT2D eigenvalue weighted by Gasteiger charge is -2.34. The molecule has 0 unspecified atom stereocenters. The number of nitrogens with zero attached hydrogens (tertiary/aromatic N) is 2. The minimum absolute atomic E-state index is 0.0912. The maximum Gasteiger partial charge on any atom is 0.317 e. The van der Waals surface area contributed by atoms with Gasteiger partial charge in [-0.15, -0.1) is 0 Å². The molecule has 0 aliphatic carbocycles. The summed E-state index contributed by atoms with van der Waals surface area (Å²) in [4.78, 5) is 25.6. The number of sulfonamides is 1. The normalized spacial score (nSPS) is 15.3. The first kappa shape index (κ1) is 22.2. The minimum atomic E-state index is -3.57. The first-order chi connectivity index (χ1) is 13.3. The second-order valence-corrected chi connectivity index (χ2v) is 8.91. The molecular formula is C19H30N4O4S. The van der Waals surface area contributed by atoms with E-state index in [1.807, 2.05) is 26.8 Å². The summed E-state index contributed by atoms with van der Waals surface area (Å²) < 4.78 is 27.1. The fraction of sp³-hybridized carbons (Fsp3) is 0.579. The molecule has 8 nitrogen and oxygen atoms in total. The molecule has 2 N–H and O–H groups in total. The van der Waals surface area contributed by atoms with E-state index in [4.69, 9.17) is 0 Å². The third kappa shape index (κ3) is 5.68. The Labute approximate surface area is 167 Å². The third-order valence-electron chi connectivity index (χ3n) is 4.84. The van der Waals surface area contributed by atoms with E-state index in [9.17, 15) is 18.0 Å². The molecule has 1 aliphatic heterocycles. The molecule has 0 spiro atoms. The van der Waals surface area contributed by atoms with Crippen molar-refractivity contribution < 1.29 is 18.0 Å². The molecule has 0 aromatic heterocycles. The summed E-state index contributed by atoms with van der Waals surface area (Å²) in [6.45, 7) is 7.83. The number of piperazine rings is 1. The summed E-state index contributed by atoms with van der Waals surface area (Å²) in [6.07, 6.45) is 1.10. The molecule has 28 heavy (non-hydrogen) atoms. The van der Waals surface area contributed by atoms with Gasteiger partial charge in [0.15, 0.2) is 0 Å². The molecule has 1 aliphatic rings. The minimum Gasteiger partial charge on any atom is -0.356 e. The van der Waals surface area contributed by atoms with Crippen LogP contribution >= 0.6 is 0 Å². The lowest BCUT2D eigenvalue weighted by molar-refractivity contribution is -0.120. The Morgan fingerprint density at radius 3 is 2.29 bits per heavy atom. The van der Waals surface area contributed by atoms with E-state index in [1.54, 1.807) is 17.0 Å². The zero-order valence-electron chi connectivity index (χ0n) is 16.8. The Hall–Kier alpha value is -2.13. The molecule has 1 saturated heterocycles. The Morgan fingerprint density at radius 1 is 1.00 bits per heavy atom. The van der Waals surface area contributed by atoms with Crippen LogP contribution < -0.4 is 10.6 Å². The van der Waals surface area contributed by atoms with Crippen molar-refractivity contribution in [2.24, 2.45) is 0 Å². The molecule has 1 aromatic carbocycles. The summed E-state index contributed by atoms with van der Waals surface area (Å²) in [7, 11) is -3.57. The average Bonchev–Trinajstić information content (AvgIpc) is 2.68. The van der Waals surface area contributed by atoms with Gasteiger partial charge in [-0.25, -0.2) is 13.2 Å². The van der Waals surface area contributed by atoms with Crippen molar-refractivity contribution in [2.75, 3.05) is 39.3 Å². The number of amides is 3. The van der Waals surface area contributed by atoms with Crippen LogP contribution in [0.1, 0.15) is 30.9 Å². The van der Waals surface area contributed by atoms with Crippen LogP contribution in [0.3, 0.4) is 0 Å². The highest BCUT2D eigenvalue weighted by Gasteiger charge is 2.30. The maximum absolute atomic E-state index is 12.8. The van der Waals surface area contributed by atoms with Crippen LogP contribution in [0.25, 0.3) is 0 Å². The number of hydrogen-bond donors (Lipinski definition) is 2. The van der Waals surface area contributed by atoms with Gasteiger partial charge in [-0.3, -0.25) is 4.79 Å². The van der Waals surface area contributed by atoms with Gasteiger partial charge in [-0.2, -0.15) is 4.31 Å². The van der Waals surface area contributed by atoms with Gasteiger partial charge in [-0.05, 0) is 43.5 Å². The number of benzene rings is 1. The highest BCUT2D eigenvalue weighted by atomic mass is 32.2. The lowest BCUT2D eigenvalue weighted by atomic mass is 10.1. The highest BCUT2D eigenvalue weighted by Crippen LogP contribution is 2.20. The number of hydrogen-bond acceptors (Lipinski definition) is 4. The Bertz CT molecular complexity index is 802. The van der Waals surface area contributed by atoms with Crippen LogP contribution in [0.15, 0.2) is 23.1 Å². The number of carbonyl (C=O) groups excluding carboxylic acids is 2. The van der Waals surface area contributed by atoms with E-state index in [1.165, 1.54) is 4.31 Å². The standard InChI is InChI=1S/C19H30N4O4S/c1-4-8-20-18(24)7-9-21-19(25)22-10-12-23(13-11-22)28(26,27)17-6-5-15(2)16(3)14-17/h5-6,14H,4,7-13H2,1-3H3,(H,20,24)(H,21,25). The average molecular weight is 411 g/mol. The molecule has 156 valence electrons. The summed E-state index contributed by atoms with van der Waals surface area (Å²) >= 11 is 0. The van der Waals surface area contributed by atoms with E-state index in [0.717, 1.165) is 17.5 Å². The number of carbonyl (C=O) groups is 2. The number of nitrogens with one attached hydrogen (secondary N) is 2. The smallest absolute Gasteiger partial charge is 0.317 e. The second kappa shape index (κ2) is 9.88. The Morgan fingerprint density at radius 2 is 1.68 bits per heavy atom. The van der Waals surface area contributed by atoms with Crippen LogP contribution in [0, 0.1) is 13.8 Å². The van der Waals surface area contributed by atoms with Gasteiger partial charge in [-0.1, -0.05) is 13.0 Å². The first-order valence-corrected chi connectivity index (χ1v) is 11.1. The molecule has 1 aromatic rings. The molecule has 2 rings (SSSR count). The van der Waals surface area contributed by atoms with Gasteiger partial charge in [0.05, 0.1) is 4.90 Å². The first-order valence-electron chi connectivity index (χ1n) is 9.62. The van der Waals surface area contributed by atoms with Gasteiger partial charge in [0.1, 0.15) is 0 Å². The molecule has 0 saturated carbocycles. The van der Waals surface area contributed by atoms with Crippen LogP contribution in [-0.4, -0.2) is 68.8 Å². The van der Waals surface area contributed by atoms with Gasteiger partial charge >= 0.3 is 6.03 Å². The SMILES string of the molecule is CCCNC(=O)CCNC(=O)N1CCN(S(=O)(=O)c2ccc(C)c(C)c2)CC1. The quantitative estimate of drug-likeness (QED) is 0.706. The van der Waals surface area contributed by atoms with E-state index in [0.29, 0.717) is 19.6 Å². The van der Waals surface area contributed by atoms with Crippen LogP contribution in [0.2, 0.25) is 0 Å². The topological polar surface area (TPSA) is 98.8 Å². The molecule has 1 heterocycles. The fourth-order valence-corrected chi connectivity index (χ4v) is 4.41. The van der Waals surface area contributed by atoms with Crippen molar-refractivity contribution in [2.45, 2.75) is 38.5 Å². The number of aryl methyl sites for hydroxylation is 2. The number of rotatable bonds is 7.